The number of benzene rings is 1. The van der Waals surface area contributed by atoms with Crippen LogP contribution in [0.3, 0.4) is 0 Å². The van der Waals surface area contributed by atoms with E-state index >= 15 is 0 Å². The van der Waals surface area contributed by atoms with Gasteiger partial charge in [-0.1, -0.05) is 44.5 Å². The quantitative estimate of drug-likeness (QED) is 0.313. The van der Waals surface area contributed by atoms with E-state index in [-0.39, 0.29) is 6.61 Å². The average molecular weight is 380 g/mol. The maximum atomic E-state index is 12.8. The number of rotatable bonds is 1. The van der Waals surface area contributed by atoms with Crippen molar-refractivity contribution in [3.8, 4) is 11.1 Å². The SMILES string of the molecule is CCOC(=O)C(=O)N1c2ccc(C)cc2-c2c(ssc2=S)C1(C)C. The molecule has 0 saturated carbocycles. The molecule has 0 saturated heterocycles. The lowest BCUT2D eigenvalue weighted by Crippen LogP contribution is -2.50. The van der Waals surface area contributed by atoms with Gasteiger partial charge in [0.05, 0.1) is 22.7 Å². The van der Waals surface area contributed by atoms with E-state index in [1.165, 1.54) is 10.3 Å². The second kappa shape index (κ2) is 6.06. The van der Waals surface area contributed by atoms with Crippen LogP contribution in [0, 0.1) is 10.7 Å². The Kier molecular flexibility index (Phi) is 4.36. The Hall–Kier alpha value is -1.57. The van der Waals surface area contributed by atoms with E-state index in [4.69, 9.17) is 17.0 Å². The number of nitrogens with zero attached hydrogens (tertiary/aromatic N) is 1. The number of fused-ring (bicyclic) bond motifs is 3. The van der Waals surface area contributed by atoms with E-state index in [0.717, 1.165) is 25.4 Å². The van der Waals surface area contributed by atoms with Crippen molar-refractivity contribution in [3.05, 3.63) is 32.5 Å². The Bertz CT molecular complexity index is 895. The van der Waals surface area contributed by atoms with Gasteiger partial charge in [0.1, 0.15) is 3.82 Å². The maximum absolute atomic E-state index is 12.8. The first-order valence-electron chi connectivity index (χ1n) is 7.55. The van der Waals surface area contributed by atoms with E-state index in [2.05, 4.69) is 0 Å². The van der Waals surface area contributed by atoms with Crippen LogP contribution in [0.25, 0.3) is 11.1 Å². The monoisotopic (exact) mass is 379 g/mol. The molecule has 0 fully saturated rings. The molecule has 2 heterocycles. The zero-order valence-corrected chi connectivity index (χ0v) is 16.3. The molecule has 7 heteroatoms. The van der Waals surface area contributed by atoms with E-state index in [9.17, 15) is 9.59 Å². The van der Waals surface area contributed by atoms with Crippen molar-refractivity contribution in [2.75, 3.05) is 11.5 Å². The Morgan fingerprint density at radius 2 is 2.00 bits per heavy atom. The summed E-state index contributed by atoms with van der Waals surface area (Å²) in [5.41, 5.74) is 3.03. The summed E-state index contributed by atoms with van der Waals surface area (Å²) in [6, 6.07) is 5.83. The largest absolute Gasteiger partial charge is 0.459 e. The number of hydrogen-bond donors (Lipinski definition) is 0. The van der Waals surface area contributed by atoms with Crippen LogP contribution in [0.1, 0.15) is 31.2 Å². The number of esters is 1. The summed E-state index contributed by atoms with van der Waals surface area (Å²) < 4.78 is 5.76. The van der Waals surface area contributed by atoms with Gasteiger partial charge in [-0.2, -0.15) is 0 Å². The van der Waals surface area contributed by atoms with Crippen LogP contribution >= 0.6 is 32.9 Å². The van der Waals surface area contributed by atoms with Crippen molar-refractivity contribution >= 4 is 50.5 Å². The van der Waals surface area contributed by atoms with Crippen molar-refractivity contribution in [1.82, 2.24) is 0 Å². The minimum atomic E-state index is -0.834. The number of aryl methyl sites for hydroxylation is 1. The zero-order chi connectivity index (χ0) is 17.6. The maximum Gasteiger partial charge on any atom is 0.397 e. The van der Waals surface area contributed by atoms with Gasteiger partial charge in [-0.15, -0.1) is 0 Å². The van der Waals surface area contributed by atoms with Gasteiger partial charge in [0, 0.05) is 11.1 Å². The Balaban J connectivity index is 2.27. The molecule has 1 aliphatic rings. The Morgan fingerprint density at radius 3 is 2.67 bits per heavy atom. The Morgan fingerprint density at radius 1 is 1.29 bits per heavy atom. The molecule has 1 aromatic heterocycles. The molecule has 2 aromatic rings. The fraction of sp³-hybridized carbons (Fsp3) is 0.353. The second-order valence-electron chi connectivity index (χ2n) is 6.10. The zero-order valence-electron chi connectivity index (χ0n) is 13.8. The van der Waals surface area contributed by atoms with Crippen molar-refractivity contribution in [2.45, 2.75) is 33.2 Å². The van der Waals surface area contributed by atoms with E-state index in [0.29, 0.717) is 5.69 Å². The van der Waals surface area contributed by atoms with Crippen LogP contribution in [0.15, 0.2) is 18.2 Å². The summed E-state index contributed by atoms with van der Waals surface area (Å²) in [4.78, 5) is 27.4. The minimum Gasteiger partial charge on any atom is -0.459 e. The van der Waals surface area contributed by atoms with Crippen LogP contribution < -0.4 is 4.90 Å². The van der Waals surface area contributed by atoms with Crippen LogP contribution in [0.5, 0.6) is 0 Å². The van der Waals surface area contributed by atoms with Crippen molar-refractivity contribution in [2.24, 2.45) is 0 Å². The van der Waals surface area contributed by atoms with Gasteiger partial charge in [0.25, 0.3) is 0 Å². The smallest absolute Gasteiger partial charge is 0.397 e. The van der Waals surface area contributed by atoms with Gasteiger partial charge in [0.15, 0.2) is 0 Å². The number of anilines is 1. The van der Waals surface area contributed by atoms with Gasteiger partial charge < -0.3 is 4.74 Å². The Labute approximate surface area is 153 Å². The molecule has 0 bridgehead atoms. The lowest BCUT2D eigenvalue weighted by molar-refractivity contribution is -0.153. The summed E-state index contributed by atoms with van der Waals surface area (Å²) >= 11 is 5.53. The normalized spacial score (nSPS) is 14.8. The van der Waals surface area contributed by atoms with E-state index in [1.54, 1.807) is 22.2 Å². The average Bonchev–Trinajstić information content (AvgIpc) is 2.91. The van der Waals surface area contributed by atoms with Gasteiger partial charge >= 0.3 is 11.9 Å². The van der Waals surface area contributed by atoms with Crippen LogP contribution in [0.2, 0.25) is 0 Å². The number of ether oxygens (including phenoxy) is 1. The first kappa shape index (κ1) is 17.3. The van der Waals surface area contributed by atoms with Crippen LogP contribution in [-0.4, -0.2) is 18.5 Å². The molecular formula is C17H17NO3S3. The number of carbonyl (C=O) groups is 2. The molecule has 0 N–H and O–H groups in total. The fourth-order valence-corrected chi connectivity index (χ4v) is 6.27. The fourth-order valence-electron chi connectivity index (χ4n) is 2.99. The first-order valence-corrected chi connectivity index (χ1v) is 10.1. The molecule has 126 valence electrons. The number of carbonyl (C=O) groups excluding carboxylic acids is 2. The summed E-state index contributed by atoms with van der Waals surface area (Å²) in [6.07, 6.45) is 0. The molecule has 1 aromatic carbocycles. The van der Waals surface area contributed by atoms with E-state index < -0.39 is 17.4 Å². The number of amides is 1. The second-order valence-corrected chi connectivity index (χ2v) is 8.92. The standard InChI is InChI=1S/C17H17NO3S3/c1-5-21-15(20)14(19)18-11-7-6-9(2)8-10(11)12-13(17(18,3)4)23-24-16(12)22/h6-8H,5H2,1-4H3. The lowest BCUT2D eigenvalue weighted by atomic mass is 9.87. The third-order valence-electron chi connectivity index (χ3n) is 4.06. The molecule has 1 aliphatic heterocycles. The number of hydrogen-bond acceptors (Lipinski definition) is 6. The van der Waals surface area contributed by atoms with Gasteiger partial charge in [-0.3, -0.25) is 9.69 Å². The highest BCUT2D eigenvalue weighted by Crippen LogP contribution is 2.52. The summed E-state index contributed by atoms with van der Waals surface area (Å²) in [5.74, 6) is -1.48. The summed E-state index contributed by atoms with van der Waals surface area (Å²) in [6.45, 7) is 7.72. The van der Waals surface area contributed by atoms with Gasteiger partial charge in [-0.05, 0) is 39.8 Å². The van der Waals surface area contributed by atoms with Crippen molar-refractivity contribution < 1.29 is 14.3 Å². The highest BCUT2D eigenvalue weighted by molar-refractivity contribution is 7.80. The molecule has 0 aliphatic carbocycles. The topological polar surface area (TPSA) is 46.6 Å². The predicted molar refractivity (Wildman–Crippen MR) is 100 cm³/mol. The molecule has 3 rings (SSSR count). The molecule has 4 nitrogen and oxygen atoms in total. The lowest BCUT2D eigenvalue weighted by Gasteiger charge is -2.42. The van der Waals surface area contributed by atoms with Crippen LogP contribution in [0.4, 0.5) is 5.69 Å². The minimum absolute atomic E-state index is 0.169. The summed E-state index contributed by atoms with van der Waals surface area (Å²) in [7, 11) is 3.09. The van der Waals surface area contributed by atoms with Crippen molar-refractivity contribution in [1.29, 1.82) is 0 Å². The highest BCUT2D eigenvalue weighted by atomic mass is 32.9. The molecule has 1 amide bonds. The molecule has 0 radical (unpaired) electrons. The molecule has 0 spiro atoms. The third kappa shape index (κ3) is 2.51. The predicted octanol–water partition coefficient (Wildman–Crippen LogP) is 4.66. The van der Waals surface area contributed by atoms with Gasteiger partial charge in [0.2, 0.25) is 0 Å². The third-order valence-corrected chi connectivity index (χ3v) is 7.39. The molecule has 0 atom stereocenters. The van der Waals surface area contributed by atoms with Crippen LogP contribution in [-0.2, 0) is 19.9 Å². The highest BCUT2D eigenvalue weighted by Gasteiger charge is 2.45. The van der Waals surface area contributed by atoms with Crippen molar-refractivity contribution in [3.63, 3.8) is 0 Å². The summed E-state index contributed by atoms with van der Waals surface area (Å²) in [5, 5.41) is 0. The molecular weight excluding hydrogens is 362 g/mol. The molecule has 0 unspecified atom stereocenters. The van der Waals surface area contributed by atoms with E-state index in [1.807, 2.05) is 39.0 Å². The molecule has 24 heavy (non-hydrogen) atoms. The first-order chi connectivity index (χ1) is 11.3. The van der Waals surface area contributed by atoms with Gasteiger partial charge in [-0.25, -0.2) is 4.79 Å².